The van der Waals surface area contributed by atoms with E-state index in [1.807, 2.05) is 0 Å². The molecule has 1 saturated carbocycles. The molecule has 104 valence electrons. The van der Waals surface area contributed by atoms with Gasteiger partial charge in [-0.25, -0.2) is 0 Å². The number of hydrogen-bond donors (Lipinski definition) is 1. The Labute approximate surface area is 110 Å². The maximum Gasteiger partial charge on any atom is 0.416 e. The van der Waals surface area contributed by atoms with Crippen LogP contribution in [-0.4, -0.2) is 12.5 Å². The van der Waals surface area contributed by atoms with Crippen LogP contribution in [0.5, 0.6) is 0 Å². The van der Waals surface area contributed by atoms with Gasteiger partial charge in [-0.15, -0.1) is 0 Å². The van der Waals surface area contributed by atoms with Crippen LogP contribution in [-0.2, 0) is 12.6 Å². The molecule has 1 fully saturated rings. The number of halogens is 3. The molecule has 19 heavy (non-hydrogen) atoms. The number of benzene rings is 1. The SMILES string of the molecule is CCc1ccc(C(=O)NCC2CC2)cc1C(F)(F)F. The summed E-state index contributed by atoms with van der Waals surface area (Å²) < 4.78 is 38.6. The zero-order valence-electron chi connectivity index (χ0n) is 10.7. The first-order valence-electron chi connectivity index (χ1n) is 6.40. The normalized spacial score (nSPS) is 15.4. The third kappa shape index (κ3) is 3.49. The van der Waals surface area contributed by atoms with Crippen molar-refractivity contribution in [1.82, 2.24) is 5.32 Å². The van der Waals surface area contributed by atoms with Gasteiger partial charge in [-0.2, -0.15) is 13.2 Å². The van der Waals surface area contributed by atoms with Crippen LogP contribution in [0, 0.1) is 5.92 Å². The molecule has 0 saturated heterocycles. The second-order valence-electron chi connectivity index (χ2n) is 4.88. The van der Waals surface area contributed by atoms with Crippen molar-refractivity contribution in [3.05, 3.63) is 34.9 Å². The van der Waals surface area contributed by atoms with Gasteiger partial charge in [0.1, 0.15) is 0 Å². The van der Waals surface area contributed by atoms with E-state index in [9.17, 15) is 18.0 Å². The summed E-state index contributed by atoms with van der Waals surface area (Å²) in [6.07, 6.45) is -1.96. The van der Waals surface area contributed by atoms with Crippen molar-refractivity contribution in [3.63, 3.8) is 0 Å². The standard InChI is InChI=1S/C14H16F3NO/c1-2-10-5-6-11(7-12(10)14(15,16)17)13(19)18-8-9-3-4-9/h5-7,9H,2-4,8H2,1H3,(H,18,19). The van der Waals surface area contributed by atoms with Crippen molar-refractivity contribution < 1.29 is 18.0 Å². The Morgan fingerprint density at radius 2 is 2.05 bits per heavy atom. The molecule has 0 aromatic heterocycles. The molecular formula is C14H16F3NO. The van der Waals surface area contributed by atoms with Crippen LogP contribution < -0.4 is 5.32 Å². The number of amides is 1. The van der Waals surface area contributed by atoms with E-state index >= 15 is 0 Å². The van der Waals surface area contributed by atoms with E-state index in [0.717, 1.165) is 18.9 Å². The van der Waals surface area contributed by atoms with Crippen molar-refractivity contribution in [3.8, 4) is 0 Å². The van der Waals surface area contributed by atoms with Crippen LogP contribution in [0.2, 0.25) is 0 Å². The van der Waals surface area contributed by atoms with Crippen LogP contribution in [0.15, 0.2) is 18.2 Å². The molecule has 1 N–H and O–H groups in total. The monoisotopic (exact) mass is 271 g/mol. The quantitative estimate of drug-likeness (QED) is 0.893. The molecule has 2 rings (SSSR count). The highest BCUT2D eigenvalue weighted by Crippen LogP contribution is 2.33. The first kappa shape index (κ1) is 13.9. The lowest BCUT2D eigenvalue weighted by atomic mass is 10.0. The van der Waals surface area contributed by atoms with Gasteiger partial charge in [0, 0.05) is 12.1 Å². The fraction of sp³-hybridized carbons (Fsp3) is 0.500. The van der Waals surface area contributed by atoms with Crippen molar-refractivity contribution in [2.75, 3.05) is 6.54 Å². The van der Waals surface area contributed by atoms with Crippen molar-refractivity contribution in [1.29, 1.82) is 0 Å². The van der Waals surface area contributed by atoms with Crippen LogP contribution in [0.25, 0.3) is 0 Å². The van der Waals surface area contributed by atoms with Gasteiger partial charge in [0.2, 0.25) is 0 Å². The minimum absolute atomic E-state index is 0.0742. The summed E-state index contributed by atoms with van der Waals surface area (Å²) in [5, 5.41) is 2.67. The van der Waals surface area contributed by atoms with Crippen molar-refractivity contribution in [2.24, 2.45) is 5.92 Å². The van der Waals surface area contributed by atoms with E-state index in [1.165, 1.54) is 12.1 Å². The molecule has 0 heterocycles. The molecule has 1 aromatic rings. The number of rotatable bonds is 4. The van der Waals surface area contributed by atoms with Crippen molar-refractivity contribution in [2.45, 2.75) is 32.4 Å². The first-order chi connectivity index (χ1) is 8.91. The predicted octanol–water partition coefficient (Wildman–Crippen LogP) is 3.41. The average molecular weight is 271 g/mol. The number of aryl methyl sites for hydroxylation is 1. The van der Waals surface area contributed by atoms with Gasteiger partial charge in [0.25, 0.3) is 5.91 Å². The summed E-state index contributed by atoms with van der Waals surface area (Å²) >= 11 is 0. The molecular weight excluding hydrogens is 255 g/mol. The summed E-state index contributed by atoms with van der Waals surface area (Å²) in [6, 6.07) is 3.78. The van der Waals surface area contributed by atoms with Crippen LogP contribution >= 0.6 is 0 Å². The Morgan fingerprint density at radius 1 is 1.37 bits per heavy atom. The smallest absolute Gasteiger partial charge is 0.352 e. The highest BCUT2D eigenvalue weighted by Gasteiger charge is 2.33. The highest BCUT2D eigenvalue weighted by atomic mass is 19.4. The lowest BCUT2D eigenvalue weighted by Gasteiger charge is -2.13. The van der Waals surface area contributed by atoms with Crippen molar-refractivity contribution >= 4 is 5.91 Å². The number of carbonyl (C=O) groups is 1. The van der Waals surface area contributed by atoms with Gasteiger partial charge in [-0.3, -0.25) is 4.79 Å². The molecule has 1 amide bonds. The molecule has 1 aliphatic rings. The summed E-state index contributed by atoms with van der Waals surface area (Å²) in [7, 11) is 0. The Kier molecular flexibility index (Phi) is 3.83. The summed E-state index contributed by atoms with van der Waals surface area (Å²) in [5.74, 6) is 0.0704. The molecule has 0 bridgehead atoms. The van der Waals surface area contributed by atoms with Crippen LogP contribution in [0.3, 0.4) is 0 Å². The lowest BCUT2D eigenvalue weighted by Crippen LogP contribution is -2.26. The number of carbonyl (C=O) groups excluding carboxylic acids is 1. The minimum atomic E-state index is -4.42. The van der Waals surface area contributed by atoms with E-state index in [2.05, 4.69) is 5.32 Å². The average Bonchev–Trinajstić information content (AvgIpc) is 3.18. The number of hydrogen-bond acceptors (Lipinski definition) is 1. The van der Waals surface area contributed by atoms with Gasteiger partial charge in [-0.1, -0.05) is 13.0 Å². The Hall–Kier alpha value is -1.52. The molecule has 1 aromatic carbocycles. The fourth-order valence-corrected chi connectivity index (χ4v) is 1.95. The third-order valence-corrected chi connectivity index (χ3v) is 3.31. The number of alkyl halides is 3. The van der Waals surface area contributed by atoms with Crippen LogP contribution in [0.1, 0.15) is 41.3 Å². The minimum Gasteiger partial charge on any atom is -0.352 e. The van der Waals surface area contributed by atoms with Gasteiger partial charge in [0.15, 0.2) is 0 Å². The Bertz CT molecular complexity index is 478. The Morgan fingerprint density at radius 3 is 2.58 bits per heavy atom. The molecule has 0 radical (unpaired) electrons. The van der Waals surface area contributed by atoms with Gasteiger partial charge < -0.3 is 5.32 Å². The van der Waals surface area contributed by atoms with E-state index < -0.39 is 17.6 Å². The zero-order valence-corrected chi connectivity index (χ0v) is 10.7. The molecule has 2 nitrogen and oxygen atoms in total. The maximum absolute atomic E-state index is 12.9. The van der Waals surface area contributed by atoms with Gasteiger partial charge in [-0.05, 0) is 42.9 Å². The largest absolute Gasteiger partial charge is 0.416 e. The Balaban J connectivity index is 2.18. The topological polar surface area (TPSA) is 29.1 Å². The summed E-state index contributed by atoms with van der Waals surface area (Å²) in [5.41, 5.74) is -0.425. The van der Waals surface area contributed by atoms with Gasteiger partial charge >= 0.3 is 6.18 Å². The maximum atomic E-state index is 12.9. The second-order valence-corrected chi connectivity index (χ2v) is 4.88. The fourth-order valence-electron chi connectivity index (χ4n) is 1.95. The second kappa shape index (κ2) is 5.23. The van der Waals surface area contributed by atoms with E-state index in [-0.39, 0.29) is 11.1 Å². The van der Waals surface area contributed by atoms with E-state index in [1.54, 1.807) is 6.92 Å². The molecule has 0 aliphatic heterocycles. The van der Waals surface area contributed by atoms with Gasteiger partial charge in [0.05, 0.1) is 5.56 Å². The number of nitrogens with one attached hydrogen (secondary N) is 1. The molecule has 0 unspecified atom stereocenters. The summed E-state index contributed by atoms with van der Waals surface area (Å²) in [6.45, 7) is 2.22. The van der Waals surface area contributed by atoms with E-state index in [0.29, 0.717) is 18.9 Å². The highest BCUT2D eigenvalue weighted by molar-refractivity contribution is 5.94. The third-order valence-electron chi connectivity index (χ3n) is 3.31. The molecule has 5 heteroatoms. The molecule has 1 aliphatic carbocycles. The molecule has 0 spiro atoms. The van der Waals surface area contributed by atoms with Crippen LogP contribution in [0.4, 0.5) is 13.2 Å². The predicted molar refractivity (Wildman–Crippen MR) is 65.9 cm³/mol. The molecule has 0 atom stereocenters. The lowest BCUT2D eigenvalue weighted by molar-refractivity contribution is -0.138. The first-order valence-corrected chi connectivity index (χ1v) is 6.40. The van der Waals surface area contributed by atoms with E-state index in [4.69, 9.17) is 0 Å². The summed E-state index contributed by atoms with van der Waals surface area (Å²) in [4.78, 5) is 11.8. The zero-order chi connectivity index (χ0) is 14.0.